The van der Waals surface area contributed by atoms with Gasteiger partial charge in [-0.2, -0.15) is 0 Å². The Balaban J connectivity index is 2.39. The molecule has 0 spiro atoms. The summed E-state index contributed by atoms with van der Waals surface area (Å²) in [7, 11) is 0. The summed E-state index contributed by atoms with van der Waals surface area (Å²) in [6.07, 6.45) is 5.37. The lowest BCUT2D eigenvalue weighted by Crippen LogP contribution is -2.16. The molecule has 2 aliphatic rings. The molecule has 0 amide bonds. The molecule has 0 saturated heterocycles. The fourth-order valence-corrected chi connectivity index (χ4v) is 2.76. The number of benzene rings is 1. The van der Waals surface area contributed by atoms with Crippen molar-refractivity contribution in [3.8, 4) is 11.5 Å². The van der Waals surface area contributed by atoms with E-state index in [1.54, 1.807) is 0 Å². The van der Waals surface area contributed by atoms with E-state index in [1.165, 1.54) is 0 Å². The van der Waals surface area contributed by atoms with Crippen LogP contribution in [0.2, 0.25) is 0 Å². The zero-order valence-corrected chi connectivity index (χ0v) is 9.69. The number of rotatable bonds is 0. The number of aromatic hydroxyl groups is 2. The summed E-state index contributed by atoms with van der Waals surface area (Å²) < 4.78 is 0. The molecule has 0 saturated carbocycles. The molecular formula is C14H12O4. The lowest BCUT2D eigenvalue weighted by atomic mass is 9.82. The summed E-state index contributed by atoms with van der Waals surface area (Å²) in [6.45, 7) is 0. The molecule has 1 aromatic carbocycles. The quantitative estimate of drug-likeness (QED) is 0.683. The van der Waals surface area contributed by atoms with Crippen molar-refractivity contribution in [2.75, 3.05) is 0 Å². The number of carbonyl (C=O) groups is 2. The number of ketones is 2. The maximum Gasteiger partial charge on any atom is 0.190 e. The molecule has 0 radical (unpaired) electrons. The van der Waals surface area contributed by atoms with Gasteiger partial charge >= 0.3 is 0 Å². The van der Waals surface area contributed by atoms with Gasteiger partial charge in [0.15, 0.2) is 11.6 Å². The van der Waals surface area contributed by atoms with Gasteiger partial charge in [-0.25, -0.2) is 0 Å². The minimum Gasteiger partial charge on any atom is -0.507 e. The Morgan fingerprint density at radius 2 is 1.17 bits per heavy atom. The van der Waals surface area contributed by atoms with Gasteiger partial charge < -0.3 is 10.2 Å². The van der Waals surface area contributed by atoms with E-state index in [-0.39, 0.29) is 22.6 Å². The van der Waals surface area contributed by atoms with Gasteiger partial charge in [-0.1, -0.05) is 0 Å². The normalized spacial score (nSPS) is 17.6. The Hall–Kier alpha value is -2.10. The lowest BCUT2D eigenvalue weighted by molar-refractivity contribution is 0.0988. The predicted molar refractivity (Wildman–Crippen MR) is 64.2 cm³/mol. The standard InChI is InChI=1S/C14H12O4/c15-9-5-6-10(16)12-11(9)13(17)7-3-1-2-4-8(7)14(12)18/h5-6,17-18H,1-4H2. The van der Waals surface area contributed by atoms with Crippen LogP contribution in [0.3, 0.4) is 0 Å². The van der Waals surface area contributed by atoms with Crippen molar-refractivity contribution >= 4 is 11.6 Å². The number of phenols is 2. The zero-order valence-electron chi connectivity index (χ0n) is 9.69. The first-order valence-corrected chi connectivity index (χ1v) is 5.97. The van der Waals surface area contributed by atoms with Crippen LogP contribution in [0.15, 0.2) is 12.2 Å². The van der Waals surface area contributed by atoms with Crippen LogP contribution >= 0.6 is 0 Å². The van der Waals surface area contributed by atoms with E-state index < -0.39 is 11.6 Å². The maximum atomic E-state index is 11.8. The van der Waals surface area contributed by atoms with E-state index in [9.17, 15) is 19.8 Å². The van der Waals surface area contributed by atoms with Crippen LogP contribution in [0.1, 0.15) is 44.7 Å². The maximum absolute atomic E-state index is 11.8. The SMILES string of the molecule is O=C1C=CC(=O)c2c(O)c3c(c(O)c21)CCCC3. The van der Waals surface area contributed by atoms with Crippen molar-refractivity contribution in [1.82, 2.24) is 0 Å². The summed E-state index contributed by atoms with van der Waals surface area (Å²) in [5.41, 5.74) is 1.16. The van der Waals surface area contributed by atoms with Crippen molar-refractivity contribution in [2.24, 2.45) is 0 Å². The van der Waals surface area contributed by atoms with Gasteiger partial charge in [0, 0.05) is 11.1 Å². The van der Waals surface area contributed by atoms with Crippen LogP contribution in [0.25, 0.3) is 0 Å². The minimum atomic E-state index is -0.425. The van der Waals surface area contributed by atoms with Gasteiger partial charge in [0.05, 0.1) is 11.1 Å². The zero-order chi connectivity index (χ0) is 12.9. The van der Waals surface area contributed by atoms with Crippen LogP contribution in [0.5, 0.6) is 11.5 Å². The molecule has 92 valence electrons. The topological polar surface area (TPSA) is 74.6 Å². The summed E-state index contributed by atoms with van der Waals surface area (Å²) in [5.74, 6) is -1.10. The summed E-state index contributed by atoms with van der Waals surface area (Å²) in [4.78, 5) is 23.6. The third-order valence-electron chi connectivity index (χ3n) is 3.64. The van der Waals surface area contributed by atoms with E-state index >= 15 is 0 Å². The average Bonchev–Trinajstić information content (AvgIpc) is 2.38. The smallest absolute Gasteiger partial charge is 0.190 e. The van der Waals surface area contributed by atoms with Gasteiger partial charge in [0.1, 0.15) is 11.5 Å². The first-order valence-electron chi connectivity index (χ1n) is 5.97. The van der Waals surface area contributed by atoms with Crippen molar-refractivity contribution in [2.45, 2.75) is 25.7 Å². The number of phenolic OH excluding ortho intramolecular Hbond substituents is 2. The van der Waals surface area contributed by atoms with Crippen LogP contribution in [0.4, 0.5) is 0 Å². The van der Waals surface area contributed by atoms with Crippen molar-refractivity contribution in [3.63, 3.8) is 0 Å². The molecule has 0 atom stereocenters. The van der Waals surface area contributed by atoms with Crippen molar-refractivity contribution in [3.05, 3.63) is 34.4 Å². The van der Waals surface area contributed by atoms with E-state index in [0.29, 0.717) is 24.0 Å². The second-order valence-electron chi connectivity index (χ2n) is 4.67. The van der Waals surface area contributed by atoms with Gasteiger partial charge in [-0.3, -0.25) is 9.59 Å². The number of hydrogen-bond acceptors (Lipinski definition) is 4. The Bertz CT molecular complexity index is 558. The Kier molecular flexibility index (Phi) is 2.26. The van der Waals surface area contributed by atoms with E-state index in [1.807, 2.05) is 0 Å². The number of allylic oxidation sites excluding steroid dienone is 2. The van der Waals surface area contributed by atoms with E-state index in [4.69, 9.17) is 0 Å². The highest BCUT2D eigenvalue weighted by Gasteiger charge is 2.32. The molecule has 3 rings (SSSR count). The second kappa shape index (κ2) is 3.70. The van der Waals surface area contributed by atoms with E-state index in [0.717, 1.165) is 25.0 Å². The molecule has 4 nitrogen and oxygen atoms in total. The first-order chi connectivity index (χ1) is 8.61. The summed E-state index contributed by atoms with van der Waals surface area (Å²) in [5, 5.41) is 20.4. The van der Waals surface area contributed by atoms with Gasteiger partial charge in [-0.05, 0) is 37.8 Å². The molecule has 1 aromatic rings. The molecule has 18 heavy (non-hydrogen) atoms. The van der Waals surface area contributed by atoms with Crippen molar-refractivity contribution < 1.29 is 19.8 Å². The Morgan fingerprint density at radius 3 is 1.56 bits per heavy atom. The number of fused-ring (bicyclic) bond motifs is 2. The molecule has 0 heterocycles. The van der Waals surface area contributed by atoms with Crippen LogP contribution < -0.4 is 0 Å². The first kappa shape index (κ1) is 11.0. The summed E-state index contributed by atoms with van der Waals surface area (Å²) >= 11 is 0. The van der Waals surface area contributed by atoms with Gasteiger partial charge in [0.2, 0.25) is 0 Å². The van der Waals surface area contributed by atoms with Crippen molar-refractivity contribution in [1.29, 1.82) is 0 Å². The minimum absolute atomic E-state index is 0.0411. The second-order valence-corrected chi connectivity index (χ2v) is 4.67. The fourth-order valence-electron chi connectivity index (χ4n) is 2.76. The molecule has 0 aromatic heterocycles. The average molecular weight is 244 g/mol. The molecule has 0 fully saturated rings. The molecular weight excluding hydrogens is 232 g/mol. The monoisotopic (exact) mass is 244 g/mol. The number of hydrogen-bond donors (Lipinski definition) is 2. The molecule has 0 unspecified atom stereocenters. The fraction of sp³-hybridized carbons (Fsp3) is 0.286. The molecule has 0 aliphatic heterocycles. The van der Waals surface area contributed by atoms with Crippen LogP contribution in [-0.4, -0.2) is 21.8 Å². The third kappa shape index (κ3) is 1.32. The Morgan fingerprint density at radius 1 is 0.778 bits per heavy atom. The highest BCUT2D eigenvalue weighted by Crippen LogP contribution is 2.42. The molecule has 0 bridgehead atoms. The predicted octanol–water partition coefficient (Wildman–Crippen LogP) is 1.91. The Labute approximate surface area is 104 Å². The lowest BCUT2D eigenvalue weighted by Gasteiger charge is -2.23. The van der Waals surface area contributed by atoms with E-state index in [2.05, 4.69) is 0 Å². The van der Waals surface area contributed by atoms with Gasteiger partial charge in [0.25, 0.3) is 0 Å². The van der Waals surface area contributed by atoms with Crippen LogP contribution in [-0.2, 0) is 12.8 Å². The number of carbonyl (C=O) groups excluding carboxylic acids is 2. The third-order valence-corrected chi connectivity index (χ3v) is 3.64. The molecule has 2 N–H and O–H groups in total. The highest BCUT2D eigenvalue weighted by molar-refractivity contribution is 6.24. The summed E-state index contributed by atoms with van der Waals surface area (Å²) in [6, 6.07) is 0. The largest absolute Gasteiger partial charge is 0.507 e. The van der Waals surface area contributed by atoms with Crippen LogP contribution in [0, 0.1) is 0 Å². The molecule has 2 aliphatic carbocycles. The highest BCUT2D eigenvalue weighted by atomic mass is 16.3. The van der Waals surface area contributed by atoms with Gasteiger partial charge in [-0.15, -0.1) is 0 Å². The molecule has 4 heteroatoms.